The summed E-state index contributed by atoms with van der Waals surface area (Å²) in [5, 5.41) is 12.0. The molecular weight excluding hydrogens is 208 g/mol. The normalized spacial score (nSPS) is 19.9. The van der Waals surface area contributed by atoms with Crippen LogP contribution in [0.2, 0.25) is 0 Å². The maximum Gasteiger partial charge on any atom is 0.223 e. The molecule has 0 radical (unpaired) electrons. The summed E-state index contributed by atoms with van der Waals surface area (Å²) in [5.41, 5.74) is 0. The van der Waals surface area contributed by atoms with Gasteiger partial charge in [0.05, 0.1) is 6.10 Å². The average molecular weight is 228 g/mol. The second kappa shape index (κ2) is 6.48. The summed E-state index contributed by atoms with van der Waals surface area (Å²) in [4.78, 5) is 24.5. The van der Waals surface area contributed by atoms with Crippen molar-refractivity contribution < 1.29 is 14.7 Å². The molecule has 1 atom stereocenters. The number of aliphatic hydroxyl groups excluding tert-OH is 1. The van der Waals surface area contributed by atoms with Crippen molar-refractivity contribution in [3.05, 3.63) is 0 Å². The Hall–Kier alpha value is -1.10. The second-order valence-electron chi connectivity index (χ2n) is 4.13. The van der Waals surface area contributed by atoms with E-state index >= 15 is 0 Å². The summed E-state index contributed by atoms with van der Waals surface area (Å²) in [6.07, 6.45) is 1.64. The first kappa shape index (κ1) is 13.0. The van der Waals surface area contributed by atoms with E-state index in [2.05, 4.69) is 5.32 Å². The van der Waals surface area contributed by atoms with E-state index in [1.807, 2.05) is 6.92 Å². The van der Waals surface area contributed by atoms with Gasteiger partial charge in [0.15, 0.2) is 0 Å². The monoisotopic (exact) mass is 228 g/mol. The van der Waals surface area contributed by atoms with Crippen LogP contribution in [0.15, 0.2) is 0 Å². The number of rotatable bonds is 5. The topological polar surface area (TPSA) is 69.6 Å². The lowest BCUT2D eigenvalue weighted by atomic mass is 10.2. The van der Waals surface area contributed by atoms with Crippen molar-refractivity contribution in [1.82, 2.24) is 10.2 Å². The molecule has 0 unspecified atom stereocenters. The predicted octanol–water partition coefficient (Wildman–Crippen LogP) is -0.114. The van der Waals surface area contributed by atoms with Crippen LogP contribution < -0.4 is 5.32 Å². The van der Waals surface area contributed by atoms with Crippen molar-refractivity contribution in [3.63, 3.8) is 0 Å². The molecule has 0 aromatic carbocycles. The summed E-state index contributed by atoms with van der Waals surface area (Å²) in [7, 11) is 0. The first-order valence-electron chi connectivity index (χ1n) is 5.86. The molecule has 5 heteroatoms. The van der Waals surface area contributed by atoms with Crippen molar-refractivity contribution in [1.29, 1.82) is 0 Å². The number of β-amino-alcohol motifs (C(OH)–C–C–N with tert-alkyl or cyclic N) is 1. The minimum absolute atomic E-state index is 0.0387. The molecule has 0 aromatic heterocycles. The van der Waals surface area contributed by atoms with Gasteiger partial charge in [-0.3, -0.25) is 9.59 Å². The largest absolute Gasteiger partial charge is 0.391 e. The third-order valence-electron chi connectivity index (χ3n) is 2.65. The van der Waals surface area contributed by atoms with E-state index in [1.54, 1.807) is 4.90 Å². The smallest absolute Gasteiger partial charge is 0.223 e. The van der Waals surface area contributed by atoms with Crippen molar-refractivity contribution in [2.45, 2.75) is 38.7 Å². The zero-order chi connectivity index (χ0) is 12.0. The number of carbonyl (C=O) groups excluding carboxylic acids is 2. The summed E-state index contributed by atoms with van der Waals surface area (Å²) in [6, 6.07) is 0. The zero-order valence-corrected chi connectivity index (χ0v) is 9.74. The fourth-order valence-electron chi connectivity index (χ4n) is 1.70. The van der Waals surface area contributed by atoms with E-state index < -0.39 is 6.10 Å². The minimum Gasteiger partial charge on any atom is -0.391 e. The van der Waals surface area contributed by atoms with Gasteiger partial charge in [-0.25, -0.2) is 0 Å². The van der Waals surface area contributed by atoms with Gasteiger partial charge in [-0.15, -0.1) is 0 Å². The Kier molecular flexibility index (Phi) is 5.25. The van der Waals surface area contributed by atoms with E-state index in [0.717, 1.165) is 6.42 Å². The van der Waals surface area contributed by atoms with E-state index in [1.165, 1.54) is 0 Å². The zero-order valence-electron chi connectivity index (χ0n) is 9.74. The minimum atomic E-state index is -0.391. The molecule has 1 heterocycles. The molecule has 5 nitrogen and oxygen atoms in total. The van der Waals surface area contributed by atoms with Gasteiger partial charge in [0.1, 0.15) is 0 Å². The molecule has 1 aliphatic heterocycles. The quantitative estimate of drug-likeness (QED) is 0.689. The van der Waals surface area contributed by atoms with Gasteiger partial charge in [0.25, 0.3) is 0 Å². The first-order chi connectivity index (χ1) is 7.63. The van der Waals surface area contributed by atoms with E-state index in [0.29, 0.717) is 26.1 Å². The molecule has 2 N–H and O–H groups in total. The molecule has 1 saturated heterocycles. The van der Waals surface area contributed by atoms with Gasteiger partial charge >= 0.3 is 0 Å². The third-order valence-corrected chi connectivity index (χ3v) is 2.65. The van der Waals surface area contributed by atoms with Crippen LogP contribution in [0.5, 0.6) is 0 Å². The Morgan fingerprint density at radius 2 is 2.19 bits per heavy atom. The Labute approximate surface area is 95.8 Å². The standard InChI is InChI=1S/C11H20N2O3/c1-2-6-12-10(15)3-4-11(16)13-7-5-9(14)8-13/h9,14H,2-8H2,1H3,(H,12,15)/t9-/m1/s1. The summed E-state index contributed by atoms with van der Waals surface area (Å²) in [6.45, 7) is 3.67. The molecule has 1 aliphatic rings. The van der Waals surface area contributed by atoms with Crippen LogP contribution in [0.4, 0.5) is 0 Å². The molecule has 0 bridgehead atoms. The molecular formula is C11H20N2O3. The van der Waals surface area contributed by atoms with Gasteiger partial charge in [-0.2, -0.15) is 0 Å². The Morgan fingerprint density at radius 1 is 1.44 bits per heavy atom. The molecule has 2 amide bonds. The number of hydrogen-bond donors (Lipinski definition) is 2. The molecule has 16 heavy (non-hydrogen) atoms. The lowest BCUT2D eigenvalue weighted by Gasteiger charge is -2.15. The predicted molar refractivity (Wildman–Crippen MR) is 59.7 cm³/mol. The van der Waals surface area contributed by atoms with E-state index in [-0.39, 0.29) is 24.7 Å². The van der Waals surface area contributed by atoms with Gasteiger partial charge in [0, 0.05) is 32.5 Å². The highest BCUT2D eigenvalue weighted by Crippen LogP contribution is 2.10. The number of nitrogens with zero attached hydrogens (tertiary/aromatic N) is 1. The maximum atomic E-state index is 11.6. The van der Waals surface area contributed by atoms with Gasteiger partial charge in [-0.1, -0.05) is 6.92 Å². The third kappa shape index (κ3) is 4.18. The second-order valence-corrected chi connectivity index (χ2v) is 4.13. The SMILES string of the molecule is CCCNC(=O)CCC(=O)N1CC[C@@H](O)C1. The van der Waals surface area contributed by atoms with Crippen LogP contribution >= 0.6 is 0 Å². The van der Waals surface area contributed by atoms with Crippen molar-refractivity contribution in [3.8, 4) is 0 Å². The van der Waals surface area contributed by atoms with Crippen LogP contribution in [-0.2, 0) is 9.59 Å². The van der Waals surface area contributed by atoms with Crippen LogP contribution in [0.25, 0.3) is 0 Å². The van der Waals surface area contributed by atoms with Crippen molar-refractivity contribution >= 4 is 11.8 Å². The fourth-order valence-corrected chi connectivity index (χ4v) is 1.70. The van der Waals surface area contributed by atoms with E-state index in [9.17, 15) is 14.7 Å². The van der Waals surface area contributed by atoms with Crippen LogP contribution in [-0.4, -0.2) is 47.6 Å². The Morgan fingerprint density at radius 3 is 2.75 bits per heavy atom. The molecule has 0 spiro atoms. The van der Waals surface area contributed by atoms with Crippen molar-refractivity contribution in [2.75, 3.05) is 19.6 Å². The van der Waals surface area contributed by atoms with Gasteiger partial charge in [0.2, 0.25) is 11.8 Å². The lowest BCUT2D eigenvalue weighted by Crippen LogP contribution is -2.31. The van der Waals surface area contributed by atoms with Crippen LogP contribution in [0, 0.1) is 0 Å². The summed E-state index contributed by atoms with van der Waals surface area (Å²) < 4.78 is 0. The summed E-state index contributed by atoms with van der Waals surface area (Å²) >= 11 is 0. The first-order valence-corrected chi connectivity index (χ1v) is 5.86. The number of likely N-dealkylation sites (tertiary alicyclic amines) is 1. The highest BCUT2D eigenvalue weighted by Gasteiger charge is 2.24. The van der Waals surface area contributed by atoms with Crippen LogP contribution in [0.3, 0.4) is 0 Å². The number of amides is 2. The highest BCUT2D eigenvalue weighted by molar-refractivity contribution is 5.83. The molecule has 0 aromatic rings. The van der Waals surface area contributed by atoms with E-state index in [4.69, 9.17) is 0 Å². The number of carbonyl (C=O) groups is 2. The Bertz CT molecular complexity index is 256. The Balaban J connectivity index is 2.17. The molecule has 0 aliphatic carbocycles. The lowest BCUT2D eigenvalue weighted by molar-refractivity contribution is -0.133. The summed E-state index contributed by atoms with van der Waals surface area (Å²) in [5.74, 6) is -0.113. The maximum absolute atomic E-state index is 11.6. The van der Waals surface area contributed by atoms with Gasteiger partial charge in [-0.05, 0) is 12.8 Å². The number of aliphatic hydroxyl groups is 1. The number of hydrogen-bond acceptors (Lipinski definition) is 3. The fraction of sp³-hybridized carbons (Fsp3) is 0.818. The molecule has 1 rings (SSSR count). The molecule has 0 saturated carbocycles. The van der Waals surface area contributed by atoms with Crippen LogP contribution in [0.1, 0.15) is 32.6 Å². The van der Waals surface area contributed by atoms with Gasteiger partial charge < -0.3 is 15.3 Å². The van der Waals surface area contributed by atoms with Crippen molar-refractivity contribution in [2.24, 2.45) is 0 Å². The molecule has 92 valence electrons. The number of nitrogens with one attached hydrogen (secondary N) is 1. The average Bonchev–Trinajstić information content (AvgIpc) is 2.69. The molecule has 1 fully saturated rings. The highest BCUT2D eigenvalue weighted by atomic mass is 16.3.